The zero-order valence-corrected chi connectivity index (χ0v) is 8.41. The quantitative estimate of drug-likeness (QED) is 0.661. The second-order valence-electron chi connectivity index (χ2n) is 3.36. The van der Waals surface area contributed by atoms with Crippen LogP contribution in [0.15, 0.2) is 22.1 Å². The number of hydrogen-bond donors (Lipinski definition) is 2. The zero-order chi connectivity index (χ0) is 10.7. The average Bonchev–Trinajstić information content (AvgIpc) is 2.63. The molecule has 1 fully saturated rings. The molecule has 2 N–H and O–H groups in total. The number of rotatable bonds is 3. The molecule has 2 rings (SSSR count). The molecule has 2 heterocycles. The minimum atomic E-state index is -0.0729. The van der Waals surface area contributed by atoms with Crippen LogP contribution < -0.4 is 10.6 Å². The average molecular weight is 208 g/mol. The Bertz CT molecular complexity index is 377. The van der Waals surface area contributed by atoms with Crippen LogP contribution in [0, 0.1) is 0 Å². The fourth-order valence-corrected chi connectivity index (χ4v) is 1.24. The molecule has 0 atom stereocenters. The molecule has 0 radical (unpaired) electrons. The lowest BCUT2D eigenvalue weighted by molar-refractivity contribution is -0.117. The van der Waals surface area contributed by atoms with Crippen molar-refractivity contribution in [1.29, 1.82) is 0 Å². The van der Waals surface area contributed by atoms with Crippen LogP contribution in [0.4, 0.5) is 0 Å². The van der Waals surface area contributed by atoms with Gasteiger partial charge < -0.3 is 15.2 Å². The molecule has 6 nitrogen and oxygen atoms in total. The van der Waals surface area contributed by atoms with Gasteiger partial charge in [0.15, 0.2) is 5.82 Å². The van der Waals surface area contributed by atoms with Crippen molar-refractivity contribution in [2.45, 2.75) is 13.5 Å². The molecule has 6 heteroatoms. The minimum absolute atomic E-state index is 0.0729. The number of carbonyl (C=O) groups excluding carboxylic acids is 1. The van der Waals surface area contributed by atoms with E-state index in [1.807, 2.05) is 6.92 Å². The minimum Gasteiger partial charge on any atom is -0.345 e. The topological polar surface area (TPSA) is 80.1 Å². The third-order valence-corrected chi connectivity index (χ3v) is 2.36. The summed E-state index contributed by atoms with van der Waals surface area (Å²) >= 11 is 0. The van der Waals surface area contributed by atoms with Crippen LogP contribution >= 0.6 is 0 Å². The maximum absolute atomic E-state index is 11.6. The molecular formula is C9H12N4O2. The summed E-state index contributed by atoms with van der Waals surface area (Å²) in [4.78, 5) is 15.4. The Balaban J connectivity index is 1.87. The maximum Gasteiger partial charge on any atom is 0.247 e. The van der Waals surface area contributed by atoms with Crippen LogP contribution in [0.25, 0.3) is 0 Å². The number of carbonyl (C=O) groups is 1. The number of nitrogens with zero attached hydrogens (tertiary/aromatic N) is 2. The summed E-state index contributed by atoms with van der Waals surface area (Å²) in [5.74, 6) is 0.407. The Morgan fingerprint density at radius 3 is 3.00 bits per heavy atom. The van der Waals surface area contributed by atoms with Crippen molar-refractivity contribution in [2.24, 2.45) is 0 Å². The van der Waals surface area contributed by atoms with Gasteiger partial charge in [-0.3, -0.25) is 4.79 Å². The Hall–Kier alpha value is -1.69. The molecule has 1 aliphatic rings. The smallest absolute Gasteiger partial charge is 0.247 e. The van der Waals surface area contributed by atoms with E-state index >= 15 is 0 Å². The Morgan fingerprint density at radius 2 is 2.47 bits per heavy atom. The van der Waals surface area contributed by atoms with E-state index in [2.05, 4.69) is 25.3 Å². The van der Waals surface area contributed by atoms with Gasteiger partial charge in [0.1, 0.15) is 0 Å². The molecular weight excluding hydrogens is 196 g/mol. The number of hydrogen-bond acceptors (Lipinski definition) is 5. The molecule has 0 aliphatic carbocycles. The van der Waals surface area contributed by atoms with Crippen LogP contribution in [0.3, 0.4) is 0 Å². The number of aromatic nitrogens is 2. The van der Waals surface area contributed by atoms with Gasteiger partial charge in [0.05, 0.1) is 6.54 Å². The van der Waals surface area contributed by atoms with Gasteiger partial charge in [-0.1, -0.05) is 5.16 Å². The Kier molecular flexibility index (Phi) is 2.77. The van der Waals surface area contributed by atoms with Gasteiger partial charge in [-0.15, -0.1) is 0 Å². The van der Waals surface area contributed by atoms with Crippen molar-refractivity contribution in [3.63, 3.8) is 0 Å². The van der Waals surface area contributed by atoms with Gasteiger partial charge in [-0.05, 0) is 12.5 Å². The first-order chi connectivity index (χ1) is 7.27. The first kappa shape index (κ1) is 9.85. The van der Waals surface area contributed by atoms with E-state index in [0.717, 1.165) is 24.2 Å². The third kappa shape index (κ3) is 2.21. The van der Waals surface area contributed by atoms with Gasteiger partial charge >= 0.3 is 0 Å². The lowest BCUT2D eigenvalue weighted by Gasteiger charge is -2.21. The van der Waals surface area contributed by atoms with E-state index < -0.39 is 0 Å². The van der Waals surface area contributed by atoms with Crippen LogP contribution in [0.1, 0.15) is 12.7 Å². The van der Waals surface area contributed by atoms with Crippen LogP contribution in [0.2, 0.25) is 0 Å². The number of amides is 1. The monoisotopic (exact) mass is 208 g/mol. The standard InChI is InChI=1S/C9H12N4O2/c1-6(7-2-10-3-7)9(14)11-4-8-12-5-15-13-8/h5,10H,2-4H2,1H3,(H,11,14). The predicted octanol–water partition coefficient (Wildman–Crippen LogP) is -0.394. The molecule has 0 spiro atoms. The van der Waals surface area contributed by atoms with Gasteiger partial charge in [0, 0.05) is 18.7 Å². The number of nitrogens with one attached hydrogen (secondary N) is 2. The molecule has 0 saturated carbocycles. The highest BCUT2D eigenvalue weighted by atomic mass is 16.5. The van der Waals surface area contributed by atoms with Crippen LogP contribution in [-0.2, 0) is 11.3 Å². The largest absolute Gasteiger partial charge is 0.345 e. The Morgan fingerprint density at radius 1 is 1.67 bits per heavy atom. The first-order valence-electron chi connectivity index (χ1n) is 4.70. The lowest BCUT2D eigenvalue weighted by Crippen LogP contribution is -2.37. The summed E-state index contributed by atoms with van der Waals surface area (Å²) in [7, 11) is 0. The first-order valence-corrected chi connectivity index (χ1v) is 4.70. The molecule has 1 amide bonds. The summed E-state index contributed by atoms with van der Waals surface area (Å²) in [6, 6.07) is 0. The third-order valence-electron chi connectivity index (χ3n) is 2.36. The van der Waals surface area contributed by atoms with E-state index in [0.29, 0.717) is 12.4 Å². The van der Waals surface area contributed by atoms with Gasteiger partial charge in [0.2, 0.25) is 12.3 Å². The summed E-state index contributed by atoms with van der Waals surface area (Å²) in [6.07, 6.45) is 1.24. The summed E-state index contributed by atoms with van der Waals surface area (Å²) < 4.78 is 4.55. The van der Waals surface area contributed by atoms with Crippen molar-refractivity contribution in [2.75, 3.05) is 13.1 Å². The van der Waals surface area contributed by atoms with Crippen molar-refractivity contribution in [3.05, 3.63) is 23.4 Å². The van der Waals surface area contributed by atoms with Gasteiger partial charge in [0.25, 0.3) is 0 Å². The van der Waals surface area contributed by atoms with E-state index in [1.165, 1.54) is 6.39 Å². The highest BCUT2D eigenvalue weighted by Crippen LogP contribution is 2.08. The normalized spacial score (nSPS) is 14.6. The maximum atomic E-state index is 11.6. The van der Waals surface area contributed by atoms with E-state index in [9.17, 15) is 4.79 Å². The van der Waals surface area contributed by atoms with E-state index in [1.54, 1.807) is 0 Å². The highest BCUT2D eigenvalue weighted by Gasteiger charge is 2.15. The molecule has 1 saturated heterocycles. The Labute approximate surface area is 86.7 Å². The van der Waals surface area contributed by atoms with Gasteiger partial charge in [-0.2, -0.15) is 4.98 Å². The second kappa shape index (κ2) is 4.22. The predicted molar refractivity (Wildman–Crippen MR) is 51.7 cm³/mol. The SMILES string of the molecule is CC(C(=O)NCc1ncon1)=C1CNC1. The van der Waals surface area contributed by atoms with E-state index in [-0.39, 0.29) is 5.91 Å². The van der Waals surface area contributed by atoms with Crippen LogP contribution in [0.5, 0.6) is 0 Å². The fourth-order valence-electron chi connectivity index (χ4n) is 1.24. The summed E-state index contributed by atoms with van der Waals surface area (Å²) in [5.41, 5.74) is 1.93. The molecule has 0 aromatic carbocycles. The van der Waals surface area contributed by atoms with Crippen molar-refractivity contribution < 1.29 is 9.32 Å². The second-order valence-corrected chi connectivity index (χ2v) is 3.36. The molecule has 15 heavy (non-hydrogen) atoms. The van der Waals surface area contributed by atoms with Gasteiger partial charge in [-0.25, -0.2) is 0 Å². The van der Waals surface area contributed by atoms with Crippen molar-refractivity contribution in [1.82, 2.24) is 20.8 Å². The van der Waals surface area contributed by atoms with Crippen molar-refractivity contribution >= 4 is 5.91 Å². The molecule has 0 bridgehead atoms. The molecule has 80 valence electrons. The highest BCUT2D eigenvalue weighted by molar-refractivity contribution is 5.93. The van der Waals surface area contributed by atoms with Crippen molar-refractivity contribution in [3.8, 4) is 0 Å². The lowest BCUT2D eigenvalue weighted by atomic mass is 10.0. The fraction of sp³-hybridized carbons (Fsp3) is 0.444. The molecule has 1 aromatic rings. The summed E-state index contributed by atoms with van der Waals surface area (Å²) in [5, 5.41) is 9.41. The molecule has 0 unspecified atom stereocenters. The van der Waals surface area contributed by atoms with Crippen LogP contribution in [-0.4, -0.2) is 29.1 Å². The zero-order valence-electron chi connectivity index (χ0n) is 8.41. The molecule has 1 aromatic heterocycles. The van der Waals surface area contributed by atoms with E-state index in [4.69, 9.17) is 0 Å². The summed E-state index contributed by atoms with van der Waals surface area (Å²) in [6.45, 7) is 3.73. The molecule has 1 aliphatic heterocycles.